The van der Waals surface area contributed by atoms with Crippen molar-refractivity contribution in [2.45, 2.75) is 5.16 Å². The van der Waals surface area contributed by atoms with Crippen molar-refractivity contribution < 1.29 is 9.53 Å². The third-order valence-electron chi connectivity index (χ3n) is 3.33. The van der Waals surface area contributed by atoms with Gasteiger partial charge in [0.25, 0.3) is 5.95 Å². The summed E-state index contributed by atoms with van der Waals surface area (Å²) < 4.78 is 6.43. The molecular formula is C16H16ClN7O2S2. The molecule has 2 aromatic heterocycles. The number of benzene rings is 1. The number of thioether (sulfide) groups is 1. The summed E-state index contributed by atoms with van der Waals surface area (Å²) in [4.78, 5) is 13.2. The molecule has 0 unspecified atom stereocenters. The number of hydrogen-bond acceptors (Lipinski definition) is 9. The summed E-state index contributed by atoms with van der Waals surface area (Å²) >= 11 is 8.65. The van der Waals surface area contributed by atoms with Gasteiger partial charge in [-0.1, -0.05) is 29.4 Å². The fraction of sp³-hybridized carbons (Fsp3) is 0.125. The summed E-state index contributed by atoms with van der Waals surface area (Å²) in [5.41, 5.74) is 3.20. The van der Waals surface area contributed by atoms with Crippen LogP contribution in [0.1, 0.15) is 4.88 Å². The molecule has 1 amide bonds. The van der Waals surface area contributed by atoms with Crippen LogP contribution in [0.25, 0.3) is 0 Å². The van der Waals surface area contributed by atoms with Crippen molar-refractivity contribution in [1.82, 2.24) is 14.9 Å². The number of halogens is 1. The maximum absolute atomic E-state index is 12.2. The zero-order valence-corrected chi connectivity index (χ0v) is 17.0. The van der Waals surface area contributed by atoms with Crippen LogP contribution >= 0.6 is 34.7 Å². The zero-order valence-electron chi connectivity index (χ0n) is 14.6. The number of aromatic nitrogens is 3. The SMILES string of the molecule is COc1ccc(Cl)cc1NC(=O)CSc1nnc(N/N=C/c2cccs2)n1N. The van der Waals surface area contributed by atoms with Crippen LogP contribution in [0.4, 0.5) is 11.6 Å². The molecule has 146 valence electrons. The van der Waals surface area contributed by atoms with E-state index in [0.29, 0.717) is 21.6 Å². The maximum Gasteiger partial charge on any atom is 0.264 e. The van der Waals surface area contributed by atoms with Gasteiger partial charge in [0.05, 0.1) is 24.8 Å². The summed E-state index contributed by atoms with van der Waals surface area (Å²) in [7, 11) is 1.51. The average molecular weight is 438 g/mol. The molecule has 0 fully saturated rings. The highest BCUT2D eigenvalue weighted by molar-refractivity contribution is 7.99. The molecule has 0 aliphatic heterocycles. The second-order valence-electron chi connectivity index (χ2n) is 5.24. The molecule has 0 bridgehead atoms. The summed E-state index contributed by atoms with van der Waals surface area (Å²) in [5.74, 6) is 6.51. The normalized spacial score (nSPS) is 10.9. The van der Waals surface area contributed by atoms with Gasteiger partial charge in [0, 0.05) is 9.90 Å². The summed E-state index contributed by atoms with van der Waals surface area (Å²) in [6.45, 7) is 0. The first kappa shape index (κ1) is 20.0. The third kappa shape index (κ3) is 5.15. The van der Waals surface area contributed by atoms with Crippen LogP contribution in [0, 0.1) is 0 Å². The highest BCUT2D eigenvalue weighted by atomic mass is 35.5. The Morgan fingerprint density at radius 3 is 3.07 bits per heavy atom. The largest absolute Gasteiger partial charge is 0.495 e. The number of amides is 1. The fourth-order valence-corrected chi connectivity index (χ4v) is 3.48. The molecule has 0 saturated heterocycles. The molecule has 3 rings (SSSR count). The van der Waals surface area contributed by atoms with E-state index in [1.165, 1.54) is 11.8 Å². The van der Waals surface area contributed by atoms with Crippen molar-refractivity contribution in [3.8, 4) is 5.75 Å². The number of ether oxygens (including phenoxy) is 1. The quantitative estimate of drug-likeness (QED) is 0.214. The van der Waals surface area contributed by atoms with E-state index in [0.717, 1.165) is 16.6 Å². The van der Waals surface area contributed by atoms with Gasteiger partial charge in [0.15, 0.2) is 0 Å². The van der Waals surface area contributed by atoms with Crippen LogP contribution in [0.5, 0.6) is 5.75 Å². The number of nitrogens with one attached hydrogen (secondary N) is 2. The Hall–Kier alpha value is -2.76. The Labute approximate surface area is 173 Å². The van der Waals surface area contributed by atoms with E-state index in [9.17, 15) is 4.79 Å². The molecule has 9 nitrogen and oxygen atoms in total. The fourth-order valence-electron chi connectivity index (χ4n) is 2.06. The van der Waals surface area contributed by atoms with Crippen LogP contribution < -0.4 is 21.3 Å². The molecule has 28 heavy (non-hydrogen) atoms. The van der Waals surface area contributed by atoms with E-state index in [4.69, 9.17) is 22.2 Å². The van der Waals surface area contributed by atoms with Crippen molar-refractivity contribution in [2.24, 2.45) is 5.10 Å². The van der Waals surface area contributed by atoms with Gasteiger partial charge < -0.3 is 15.9 Å². The van der Waals surface area contributed by atoms with Crippen molar-refractivity contribution in [1.29, 1.82) is 0 Å². The van der Waals surface area contributed by atoms with Crippen LogP contribution in [0.2, 0.25) is 5.02 Å². The number of carbonyl (C=O) groups is 1. The number of anilines is 2. The van der Waals surface area contributed by atoms with E-state index in [1.54, 1.807) is 35.8 Å². The lowest BCUT2D eigenvalue weighted by Crippen LogP contribution is -2.17. The smallest absolute Gasteiger partial charge is 0.264 e. The van der Waals surface area contributed by atoms with Gasteiger partial charge in [-0.15, -0.1) is 21.5 Å². The van der Waals surface area contributed by atoms with Crippen LogP contribution in [0.3, 0.4) is 0 Å². The van der Waals surface area contributed by atoms with Gasteiger partial charge in [0.1, 0.15) is 5.75 Å². The van der Waals surface area contributed by atoms with Crippen molar-refractivity contribution in [3.05, 3.63) is 45.6 Å². The van der Waals surface area contributed by atoms with E-state index in [2.05, 4.69) is 26.0 Å². The molecule has 1 aromatic carbocycles. The van der Waals surface area contributed by atoms with Crippen LogP contribution in [-0.4, -0.2) is 39.9 Å². The third-order valence-corrected chi connectivity index (χ3v) is 5.32. The first-order chi connectivity index (χ1) is 13.6. The molecule has 0 aliphatic rings. The number of hydrogen-bond donors (Lipinski definition) is 3. The maximum atomic E-state index is 12.2. The first-order valence-corrected chi connectivity index (χ1v) is 10.1. The Kier molecular flexibility index (Phi) is 6.74. The second kappa shape index (κ2) is 9.44. The molecule has 4 N–H and O–H groups in total. The van der Waals surface area contributed by atoms with E-state index in [1.807, 2.05) is 17.5 Å². The zero-order chi connectivity index (χ0) is 19.9. The molecule has 3 aromatic rings. The van der Waals surface area contributed by atoms with Crippen molar-refractivity contribution >= 4 is 58.5 Å². The van der Waals surface area contributed by atoms with Gasteiger partial charge >= 0.3 is 0 Å². The van der Waals surface area contributed by atoms with Crippen molar-refractivity contribution in [3.63, 3.8) is 0 Å². The molecule has 0 aliphatic carbocycles. The Bertz CT molecular complexity index is 976. The number of nitrogens with two attached hydrogens (primary N) is 1. The molecule has 12 heteroatoms. The monoisotopic (exact) mass is 437 g/mol. The minimum Gasteiger partial charge on any atom is -0.495 e. The van der Waals surface area contributed by atoms with Gasteiger partial charge in [-0.3, -0.25) is 4.79 Å². The second-order valence-corrected chi connectivity index (χ2v) is 7.60. The lowest BCUT2D eigenvalue weighted by molar-refractivity contribution is -0.113. The molecule has 2 heterocycles. The topological polar surface area (TPSA) is 119 Å². The summed E-state index contributed by atoms with van der Waals surface area (Å²) in [5, 5.41) is 17.5. The van der Waals surface area contributed by atoms with E-state index in [-0.39, 0.29) is 17.6 Å². The lowest BCUT2D eigenvalue weighted by atomic mass is 10.3. The Balaban J connectivity index is 1.55. The predicted octanol–water partition coefficient (Wildman–Crippen LogP) is 2.89. The van der Waals surface area contributed by atoms with Gasteiger partial charge in [0.2, 0.25) is 11.1 Å². The number of nitrogens with zero attached hydrogens (tertiary/aromatic N) is 4. The Morgan fingerprint density at radius 1 is 1.46 bits per heavy atom. The number of rotatable bonds is 8. The molecular weight excluding hydrogens is 422 g/mol. The standard InChI is InChI=1S/C16H16ClN7O2S2/c1-26-13-5-4-10(17)7-12(13)20-14(25)9-28-16-23-22-15(24(16)18)21-19-8-11-3-2-6-27-11/h2-8H,9,18H2,1H3,(H,20,25)(H,21,22)/b19-8+. The number of nitrogen functional groups attached to an aromatic ring is 1. The molecule has 0 atom stereocenters. The number of thiophene rings is 1. The summed E-state index contributed by atoms with van der Waals surface area (Å²) in [6, 6.07) is 8.82. The first-order valence-electron chi connectivity index (χ1n) is 7.86. The van der Waals surface area contributed by atoms with Crippen LogP contribution in [-0.2, 0) is 4.79 Å². The lowest BCUT2D eigenvalue weighted by Gasteiger charge is -2.10. The summed E-state index contributed by atoms with van der Waals surface area (Å²) in [6.07, 6.45) is 1.65. The predicted molar refractivity (Wildman–Crippen MR) is 113 cm³/mol. The Morgan fingerprint density at radius 2 is 2.32 bits per heavy atom. The average Bonchev–Trinajstić information content (AvgIpc) is 3.31. The van der Waals surface area contributed by atoms with E-state index < -0.39 is 0 Å². The molecule has 0 radical (unpaired) electrons. The van der Waals surface area contributed by atoms with Gasteiger partial charge in [-0.25, -0.2) is 10.1 Å². The number of methoxy groups -OCH3 is 1. The minimum atomic E-state index is -0.265. The molecule has 0 saturated carbocycles. The van der Waals surface area contributed by atoms with Gasteiger partial charge in [-0.2, -0.15) is 5.10 Å². The highest BCUT2D eigenvalue weighted by Gasteiger charge is 2.13. The number of hydrazone groups is 1. The molecule has 0 spiro atoms. The van der Waals surface area contributed by atoms with E-state index >= 15 is 0 Å². The van der Waals surface area contributed by atoms with Crippen LogP contribution in [0.15, 0.2) is 46.0 Å². The number of carbonyl (C=O) groups excluding carboxylic acids is 1. The van der Waals surface area contributed by atoms with Gasteiger partial charge in [-0.05, 0) is 29.6 Å². The highest BCUT2D eigenvalue weighted by Crippen LogP contribution is 2.28. The minimum absolute atomic E-state index is 0.0729. The van der Waals surface area contributed by atoms with Crippen molar-refractivity contribution in [2.75, 3.05) is 29.4 Å².